The zero-order chi connectivity index (χ0) is 8.10. The number of rotatable bonds is 6. The normalized spacial score (nSPS) is 28.9. The van der Waals surface area contributed by atoms with E-state index in [2.05, 4.69) is 13.8 Å². The molecule has 0 amide bonds. The molecule has 0 N–H and O–H groups in total. The molecule has 66 valence electrons. The van der Waals surface area contributed by atoms with Crippen molar-refractivity contribution in [3.05, 3.63) is 0 Å². The quantitative estimate of drug-likeness (QED) is 0.425. The van der Waals surface area contributed by atoms with Crippen molar-refractivity contribution in [1.29, 1.82) is 0 Å². The molecule has 0 aromatic heterocycles. The molecule has 0 aromatic carbocycles. The largest absolute Gasteiger partial charge is 0.370 e. The van der Waals surface area contributed by atoms with Crippen molar-refractivity contribution in [2.75, 3.05) is 0 Å². The smallest absolute Gasteiger partial charge is 0.0839 e. The van der Waals surface area contributed by atoms with Crippen LogP contribution >= 0.6 is 0 Å². The molecule has 1 heteroatoms. The van der Waals surface area contributed by atoms with Crippen molar-refractivity contribution in [2.24, 2.45) is 0 Å². The molecule has 0 aromatic rings. The van der Waals surface area contributed by atoms with Gasteiger partial charge >= 0.3 is 0 Å². The van der Waals surface area contributed by atoms with Gasteiger partial charge < -0.3 is 4.74 Å². The van der Waals surface area contributed by atoms with Crippen LogP contribution in [0.2, 0.25) is 0 Å². The molecule has 0 unspecified atom stereocenters. The van der Waals surface area contributed by atoms with E-state index in [-0.39, 0.29) is 0 Å². The highest BCUT2D eigenvalue weighted by atomic mass is 16.6. The van der Waals surface area contributed by atoms with E-state index in [9.17, 15) is 0 Å². The van der Waals surface area contributed by atoms with E-state index >= 15 is 0 Å². The third-order valence-corrected chi connectivity index (χ3v) is 2.43. The Labute approximate surface area is 70.1 Å². The minimum Gasteiger partial charge on any atom is -0.370 e. The summed E-state index contributed by atoms with van der Waals surface area (Å²) in [6, 6.07) is 0. The molecule has 1 fully saturated rings. The highest BCUT2D eigenvalue weighted by Gasteiger charge is 2.32. The molecular weight excluding hydrogens is 136 g/mol. The van der Waals surface area contributed by atoms with Crippen molar-refractivity contribution in [2.45, 2.75) is 64.6 Å². The van der Waals surface area contributed by atoms with Crippen LogP contribution in [0.15, 0.2) is 0 Å². The summed E-state index contributed by atoms with van der Waals surface area (Å²) in [5.74, 6) is 0. The van der Waals surface area contributed by atoms with E-state index in [4.69, 9.17) is 4.74 Å². The molecule has 0 spiro atoms. The fourth-order valence-corrected chi connectivity index (χ4v) is 1.48. The zero-order valence-electron chi connectivity index (χ0n) is 7.81. The van der Waals surface area contributed by atoms with Crippen LogP contribution in [-0.2, 0) is 4.74 Å². The van der Waals surface area contributed by atoms with Gasteiger partial charge in [-0.2, -0.15) is 0 Å². The molecule has 1 rings (SSSR count). The van der Waals surface area contributed by atoms with E-state index < -0.39 is 0 Å². The molecule has 0 radical (unpaired) electrons. The highest BCUT2D eigenvalue weighted by Crippen LogP contribution is 2.26. The van der Waals surface area contributed by atoms with Crippen LogP contribution in [0.25, 0.3) is 0 Å². The van der Waals surface area contributed by atoms with Crippen molar-refractivity contribution < 1.29 is 4.74 Å². The first-order valence-electron chi connectivity index (χ1n) is 5.00. The van der Waals surface area contributed by atoms with Crippen molar-refractivity contribution in [1.82, 2.24) is 0 Å². The van der Waals surface area contributed by atoms with Crippen LogP contribution < -0.4 is 0 Å². The van der Waals surface area contributed by atoms with Gasteiger partial charge in [-0.3, -0.25) is 0 Å². The van der Waals surface area contributed by atoms with Crippen LogP contribution in [-0.4, -0.2) is 12.2 Å². The Morgan fingerprint density at radius 2 is 1.73 bits per heavy atom. The average Bonchev–Trinajstić information content (AvgIpc) is 2.67. The molecule has 0 bridgehead atoms. The summed E-state index contributed by atoms with van der Waals surface area (Å²) < 4.78 is 5.32. The monoisotopic (exact) mass is 156 g/mol. The van der Waals surface area contributed by atoms with E-state index in [1.807, 2.05) is 0 Å². The SMILES string of the molecule is CCCCCCC[C@@H]1O[C@@H]1C. The van der Waals surface area contributed by atoms with Gasteiger partial charge in [0.05, 0.1) is 12.2 Å². The number of epoxide rings is 1. The fraction of sp³-hybridized carbons (Fsp3) is 1.00. The maximum absolute atomic E-state index is 5.32. The second kappa shape index (κ2) is 4.76. The van der Waals surface area contributed by atoms with E-state index in [1.54, 1.807) is 0 Å². The molecule has 11 heavy (non-hydrogen) atoms. The van der Waals surface area contributed by atoms with Crippen molar-refractivity contribution in [3.8, 4) is 0 Å². The zero-order valence-corrected chi connectivity index (χ0v) is 7.81. The van der Waals surface area contributed by atoms with Crippen LogP contribution in [0, 0.1) is 0 Å². The van der Waals surface area contributed by atoms with E-state index in [0.717, 1.165) is 0 Å². The van der Waals surface area contributed by atoms with Crippen molar-refractivity contribution >= 4 is 0 Å². The number of hydrogen-bond acceptors (Lipinski definition) is 1. The summed E-state index contributed by atoms with van der Waals surface area (Å²) in [5.41, 5.74) is 0. The van der Waals surface area contributed by atoms with Gasteiger partial charge in [-0.1, -0.05) is 39.0 Å². The minimum absolute atomic E-state index is 0.571. The lowest BCUT2D eigenvalue weighted by Gasteiger charge is -1.96. The fourth-order valence-electron chi connectivity index (χ4n) is 1.48. The lowest BCUT2D eigenvalue weighted by atomic mass is 10.1. The molecule has 2 atom stereocenters. The maximum atomic E-state index is 5.32. The average molecular weight is 156 g/mol. The van der Waals surface area contributed by atoms with Gasteiger partial charge in [0.25, 0.3) is 0 Å². The molecule has 1 aliphatic heterocycles. The summed E-state index contributed by atoms with van der Waals surface area (Å²) >= 11 is 0. The predicted octanol–water partition coefficient (Wildman–Crippen LogP) is 3.13. The number of unbranched alkanes of at least 4 members (excludes halogenated alkanes) is 4. The van der Waals surface area contributed by atoms with Gasteiger partial charge in [-0.15, -0.1) is 0 Å². The minimum atomic E-state index is 0.571. The molecule has 0 aliphatic carbocycles. The number of hydrogen-bond donors (Lipinski definition) is 0. The molecular formula is C10H20O. The van der Waals surface area contributed by atoms with Crippen LogP contribution in [0.1, 0.15) is 52.4 Å². The third-order valence-electron chi connectivity index (χ3n) is 2.43. The topological polar surface area (TPSA) is 12.5 Å². The Morgan fingerprint density at radius 3 is 2.27 bits per heavy atom. The van der Waals surface area contributed by atoms with Gasteiger partial charge in [0.2, 0.25) is 0 Å². The van der Waals surface area contributed by atoms with Crippen LogP contribution in [0.3, 0.4) is 0 Å². The molecule has 0 saturated carbocycles. The lowest BCUT2D eigenvalue weighted by molar-refractivity contribution is 0.364. The molecule has 1 aliphatic rings. The van der Waals surface area contributed by atoms with Gasteiger partial charge in [-0.25, -0.2) is 0 Å². The molecule has 1 heterocycles. The second-order valence-electron chi connectivity index (χ2n) is 3.58. The first kappa shape index (κ1) is 9.05. The summed E-state index contributed by atoms with van der Waals surface area (Å²) in [7, 11) is 0. The van der Waals surface area contributed by atoms with Gasteiger partial charge in [0.15, 0.2) is 0 Å². The van der Waals surface area contributed by atoms with Crippen molar-refractivity contribution in [3.63, 3.8) is 0 Å². The predicted molar refractivity (Wildman–Crippen MR) is 47.7 cm³/mol. The van der Waals surface area contributed by atoms with Crippen LogP contribution in [0.4, 0.5) is 0 Å². The first-order chi connectivity index (χ1) is 5.34. The van der Waals surface area contributed by atoms with Gasteiger partial charge in [0.1, 0.15) is 0 Å². The Morgan fingerprint density at radius 1 is 1.09 bits per heavy atom. The Hall–Kier alpha value is -0.0400. The number of ether oxygens (including phenoxy) is 1. The standard InChI is InChI=1S/C10H20O/c1-3-4-5-6-7-8-10-9(2)11-10/h9-10H,3-8H2,1-2H3/t9-,10+/m1/s1. The van der Waals surface area contributed by atoms with E-state index in [0.29, 0.717) is 12.2 Å². The summed E-state index contributed by atoms with van der Waals surface area (Å²) in [5, 5.41) is 0. The second-order valence-corrected chi connectivity index (χ2v) is 3.58. The lowest BCUT2D eigenvalue weighted by Crippen LogP contribution is -1.89. The van der Waals surface area contributed by atoms with Crippen LogP contribution in [0.5, 0.6) is 0 Å². The highest BCUT2D eigenvalue weighted by molar-refractivity contribution is 4.79. The molecule has 1 saturated heterocycles. The summed E-state index contributed by atoms with van der Waals surface area (Å²) in [4.78, 5) is 0. The Balaban J connectivity index is 1.74. The maximum Gasteiger partial charge on any atom is 0.0839 e. The van der Waals surface area contributed by atoms with E-state index in [1.165, 1.54) is 38.5 Å². The van der Waals surface area contributed by atoms with Gasteiger partial charge in [-0.05, 0) is 13.3 Å². The Bertz CT molecular complexity index is 101. The molecule has 1 nitrogen and oxygen atoms in total. The summed E-state index contributed by atoms with van der Waals surface area (Å²) in [6.45, 7) is 4.42. The summed E-state index contributed by atoms with van der Waals surface area (Å²) in [6.07, 6.45) is 9.42. The first-order valence-corrected chi connectivity index (χ1v) is 5.00. The van der Waals surface area contributed by atoms with Gasteiger partial charge in [0, 0.05) is 0 Å². The Kier molecular flexibility index (Phi) is 3.92. The third kappa shape index (κ3) is 3.76.